The number of ether oxygens (including phenoxy) is 1. The van der Waals surface area contributed by atoms with E-state index in [2.05, 4.69) is 12.2 Å². The third-order valence-corrected chi connectivity index (χ3v) is 4.78. The summed E-state index contributed by atoms with van der Waals surface area (Å²) < 4.78 is 28.3. The van der Waals surface area contributed by atoms with Crippen LogP contribution in [0.3, 0.4) is 0 Å². The van der Waals surface area contributed by atoms with E-state index in [1.807, 2.05) is 0 Å². The molecule has 0 saturated carbocycles. The van der Waals surface area contributed by atoms with E-state index in [0.29, 0.717) is 6.54 Å². The van der Waals surface area contributed by atoms with E-state index in [9.17, 15) is 8.42 Å². The van der Waals surface area contributed by atoms with Crippen molar-refractivity contribution in [1.29, 1.82) is 0 Å². The maximum atomic E-state index is 11.5. The molecule has 0 spiro atoms. The largest absolute Gasteiger partial charge is 0.381 e. The van der Waals surface area contributed by atoms with Gasteiger partial charge in [-0.05, 0) is 33.2 Å². The van der Waals surface area contributed by atoms with Crippen molar-refractivity contribution in [2.75, 3.05) is 32.1 Å². The van der Waals surface area contributed by atoms with Gasteiger partial charge in [0.05, 0.1) is 11.0 Å². The van der Waals surface area contributed by atoms with Crippen LogP contribution in [-0.4, -0.2) is 45.7 Å². The summed E-state index contributed by atoms with van der Waals surface area (Å²) in [6, 6.07) is 0. The molecule has 0 fully saturated rings. The molecule has 5 heteroatoms. The molecule has 1 N–H and O–H groups in total. The molecule has 0 aromatic rings. The third-order valence-electron chi connectivity index (χ3n) is 2.57. The molecule has 0 aliphatic heterocycles. The van der Waals surface area contributed by atoms with Crippen molar-refractivity contribution in [3.8, 4) is 0 Å². The van der Waals surface area contributed by atoms with Crippen LogP contribution < -0.4 is 5.32 Å². The fourth-order valence-electron chi connectivity index (χ4n) is 1.22. The van der Waals surface area contributed by atoms with Gasteiger partial charge in [0, 0.05) is 19.8 Å². The topological polar surface area (TPSA) is 55.4 Å². The Labute approximate surface area is 106 Å². The van der Waals surface area contributed by atoms with Gasteiger partial charge in [0.2, 0.25) is 0 Å². The molecule has 0 aliphatic rings. The lowest BCUT2D eigenvalue weighted by molar-refractivity contribution is 0.129. The van der Waals surface area contributed by atoms with Gasteiger partial charge in [0.25, 0.3) is 0 Å². The first-order valence-electron chi connectivity index (χ1n) is 6.50. The van der Waals surface area contributed by atoms with Gasteiger partial charge in [-0.2, -0.15) is 0 Å². The SMILES string of the molecule is CCCCOCCCNCCS(=O)(=O)C(C)C. The highest BCUT2D eigenvalue weighted by molar-refractivity contribution is 7.92. The monoisotopic (exact) mass is 265 g/mol. The molecule has 0 unspecified atom stereocenters. The van der Waals surface area contributed by atoms with Crippen molar-refractivity contribution < 1.29 is 13.2 Å². The van der Waals surface area contributed by atoms with Gasteiger partial charge < -0.3 is 10.1 Å². The van der Waals surface area contributed by atoms with Gasteiger partial charge >= 0.3 is 0 Å². The molecular formula is C12H27NO3S. The number of unbranched alkanes of at least 4 members (excludes halogenated alkanes) is 1. The van der Waals surface area contributed by atoms with Crippen LogP contribution in [0, 0.1) is 0 Å². The van der Waals surface area contributed by atoms with E-state index in [1.165, 1.54) is 0 Å². The number of hydrogen-bond donors (Lipinski definition) is 1. The predicted octanol–water partition coefficient (Wildman–Crippen LogP) is 1.61. The number of hydrogen-bond acceptors (Lipinski definition) is 4. The van der Waals surface area contributed by atoms with Crippen molar-refractivity contribution in [3.05, 3.63) is 0 Å². The molecule has 0 amide bonds. The quantitative estimate of drug-likeness (QED) is 0.577. The van der Waals surface area contributed by atoms with Gasteiger partial charge in [0.1, 0.15) is 0 Å². The van der Waals surface area contributed by atoms with Gasteiger partial charge in [-0.25, -0.2) is 8.42 Å². The normalized spacial score (nSPS) is 12.2. The minimum absolute atomic E-state index is 0.224. The van der Waals surface area contributed by atoms with E-state index in [0.717, 1.165) is 39.0 Å². The van der Waals surface area contributed by atoms with Crippen molar-refractivity contribution in [3.63, 3.8) is 0 Å². The second kappa shape index (κ2) is 9.85. The zero-order valence-electron chi connectivity index (χ0n) is 11.4. The zero-order valence-corrected chi connectivity index (χ0v) is 12.2. The molecular weight excluding hydrogens is 238 g/mol. The number of nitrogens with one attached hydrogen (secondary N) is 1. The first kappa shape index (κ1) is 16.9. The highest BCUT2D eigenvalue weighted by atomic mass is 32.2. The van der Waals surface area contributed by atoms with E-state index < -0.39 is 9.84 Å². The highest BCUT2D eigenvalue weighted by Gasteiger charge is 2.14. The molecule has 0 aliphatic carbocycles. The summed E-state index contributed by atoms with van der Waals surface area (Å²) in [5.74, 6) is 0.224. The first-order chi connectivity index (χ1) is 8.00. The van der Waals surface area contributed by atoms with E-state index in [4.69, 9.17) is 4.74 Å². The van der Waals surface area contributed by atoms with Crippen LogP contribution in [0.25, 0.3) is 0 Å². The Morgan fingerprint density at radius 1 is 1.12 bits per heavy atom. The number of sulfone groups is 1. The van der Waals surface area contributed by atoms with Gasteiger partial charge in [-0.15, -0.1) is 0 Å². The maximum absolute atomic E-state index is 11.5. The van der Waals surface area contributed by atoms with Crippen LogP contribution >= 0.6 is 0 Å². The Morgan fingerprint density at radius 2 is 1.76 bits per heavy atom. The molecule has 0 aromatic heterocycles. The van der Waals surface area contributed by atoms with Crippen LogP contribution in [0.1, 0.15) is 40.0 Å². The molecule has 0 bridgehead atoms. The Hall–Kier alpha value is -0.130. The van der Waals surface area contributed by atoms with Gasteiger partial charge in [-0.3, -0.25) is 0 Å². The summed E-state index contributed by atoms with van der Waals surface area (Å²) in [5.41, 5.74) is 0. The zero-order chi connectivity index (χ0) is 13.1. The van der Waals surface area contributed by atoms with Crippen LogP contribution in [0.15, 0.2) is 0 Å². The summed E-state index contributed by atoms with van der Waals surface area (Å²) in [6.45, 7) is 8.52. The molecule has 0 heterocycles. The minimum atomic E-state index is -2.90. The maximum Gasteiger partial charge on any atom is 0.153 e. The summed E-state index contributed by atoms with van der Waals surface area (Å²) in [4.78, 5) is 0. The van der Waals surface area contributed by atoms with Crippen molar-refractivity contribution >= 4 is 9.84 Å². The summed E-state index contributed by atoms with van der Waals surface area (Å²) >= 11 is 0. The summed E-state index contributed by atoms with van der Waals surface area (Å²) in [6.07, 6.45) is 3.21. The fraction of sp³-hybridized carbons (Fsp3) is 1.00. The lowest BCUT2D eigenvalue weighted by Gasteiger charge is -2.08. The molecule has 0 aromatic carbocycles. The molecule has 17 heavy (non-hydrogen) atoms. The average molecular weight is 265 g/mol. The van der Waals surface area contributed by atoms with Crippen LogP contribution in [-0.2, 0) is 14.6 Å². The third kappa shape index (κ3) is 9.56. The Balaban J connectivity index is 3.30. The summed E-state index contributed by atoms with van der Waals surface area (Å²) in [7, 11) is -2.90. The van der Waals surface area contributed by atoms with E-state index in [1.54, 1.807) is 13.8 Å². The molecule has 0 atom stereocenters. The van der Waals surface area contributed by atoms with Crippen LogP contribution in [0.4, 0.5) is 0 Å². The van der Waals surface area contributed by atoms with Gasteiger partial charge in [0.15, 0.2) is 9.84 Å². The van der Waals surface area contributed by atoms with Crippen molar-refractivity contribution in [1.82, 2.24) is 5.32 Å². The fourth-order valence-corrected chi connectivity index (χ4v) is 2.12. The van der Waals surface area contributed by atoms with E-state index >= 15 is 0 Å². The van der Waals surface area contributed by atoms with Crippen LogP contribution in [0.2, 0.25) is 0 Å². The van der Waals surface area contributed by atoms with Crippen molar-refractivity contribution in [2.45, 2.75) is 45.3 Å². The standard InChI is InChI=1S/C12H27NO3S/c1-4-5-9-16-10-6-7-13-8-11-17(14,15)12(2)3/h12-13H,4-11H2,1-3H3. The average Bonchev–Trinajstić information content (AvgIpc) is 2.26. The summed E-state index contributed by atoms with van der Waals surface area (Å²) in [5, 5.41) is 2.85. The lowest BCUT2D eigenvalue weighted by atomic mass is 10.4. The highest BCUT2D eigenvalue weighted by Crippen LogP contribution is 1.98. The minimum Gasteiger partial charge on any atom is -0.381 e. The van der Waals surface area contributed by atoms with Gasteiger partial charge in [-0.1, -0.05) is 13.3 Å². The van der Waals surface area contributed by atoms with E-state index in [-0.39, 0.29) is 11.0 Å². The molecule has 0 rings (SSSR count). The smallest absolute Gasteiger partial charge is 0.153 e. The Kier molecular flexibility index (Phi) is 9.78. The second-order valence-corrected chi connectivity index (χ2v) is 7.16. The van der Waals surface area contributed by atoms with Crippen LogP contribution in [0.5, 0.6) is 0 Å². The molecule has 4 nitrogen and oxygen atoms in total. The predicted molar refractivity (Wildman–Crippen MR) is 72.1 cm³/mol. The second-order valence-electron chi connectivity index (χ2n) is 4.49. The Morgan fingerprint density at radius 3 is 2.35 bits per heavy atom. The molecule has 0 saturated heterocycles. The molecule has 104 valence electrons. The molecule has 0 radical (unpaired) electrons. The lowest BCUT2D eigenvalue weighted by Crippen LogP contribution is -2.28. The number of rotatable bonds is 11. The first-order valence-corrected chi connectivity index (χ1v) is 8.22. The Bertz CT molecular complexity index is 263. The van der Waals surface area contributed by atoms with Crippen molar-refractivity contribution in [2.24, 2.45) is 0 Å².